The fraction of sp³-hybridized carbons (Fsp3) is 0.105. The molecule has 0 bridgehead atoms. The van der Waals surface area contributed by atoms with Crippen molar-refractivity contribution in [1.82, 2.24) is 4.98 Å². The number of nitrogens with zero attached hydrogens (tertiary/aromatic N) is 1. The Morgan fingerprint density at radius 2 is 1.73 bits per heavy atom. The summed E-state index contributed by atoms with van der Waals surface area (Å²) in [5, 5.41) is 21.5. The molecule has 10 nitrogen and oxygen atoms in total. The summed E-state index contributed by atoms with van der Waals surface area (Å²) in [7, 11) is 0. The molecule has 0 saturated heterocycles. The maximum absolute atomic E-state index is 12.0. The van der Waals surface area contributed by atoms with Crippen LogP contribution in [0.15, 0.2) is 50.8 Å². The van der Waals surface area contributed by atoms with Crippen LogP contribution in [0.3, 0.4) is 0 Å². The van der Waals surface area contributed by atoms with E-state index in [1.165, 1.54) is 44.2 Å². The number of pyridine rings is 1. The fourth-order valence-corrected chi connectivity index (χ4v) is 2.74. The van der Waals surface area contributed by atoms with Crippen molar-refractivity contribution in [3.63, 3.8) is 0 Å². The summed E-state index contributed by atoms with van der Waals surface area (Å²) >= 11 is 0. The molecule has 0 unspecified atom stereocenters. The predicted octanol–water partition coefficient (Wildman–Crippen LogP) is -3.91. The summed E-state index contributed by atoms with van der Waals surface area (Å²) in [5.74, 6) is -4.27. The van der Waals surface area contributed by atoms with E-state index in [-0.39, 0.29) is 63.0 Å². The van der Waals surface area contributed by atoms with Gasteiger partial charge in [-0.05, 0) is 42.5 Å². The number of H-pyrrole nitrogens is 1. The van der Waals surface area contributed by atoms with Crippen molar-refractivity contribution in [2.75, 3.05) is 0 Å². The van der Waals surface area contributed by atoms with Crippen molar-refractivity contribution in [3.05, 3.63) is 68.1 Å². The number of carbonyl (C=O) groups is 3. The Labute approximate surface area is 192 Å². The van der Waals surface area contributed by atoms with Crippen molar-refractivity contribution in [3.8, 4) is 5.88 Å². The van der Waals surface area contributed by atoms with Crippen LogP contribution >= 0.6 is 0 Å². The summed E-state index contributed by atoms with van der Waals surface area (Å²) in [6.45, 7) is 2.87. The summed E-state index contributed by atoms with van der Waals surface area (Å²) in [5.41, 5.74) is 9.60. The zero-order valence-electron chi connectivity index (χ0n) is 16.5. The first-order chi connectivity index (χ1) is 13.6. The Balaban J connectivity index is 0.00000450. The monoisotopic (exact) mass is 420 g/mol. The van der Waals surface area contributed by atoms with Gasteiger partial charge in [-0.25, -0.2) is 4.99 Å². The largest absolute Gasteiger partial charge is 1.00 e. The number of dihydropyridines is 1. The molecule has 150 valence electrons. The number of nitrogens with two attached hydrogens (primary N) is 2. The minimum absolute atomic E-state index is 0. The number of aliphatic imine (C=N–C) groups is 1. The number of aromatic nitrogens is 1. The van der Waals surface area contributed by atoms with Gasteiger partial charge in [0.2, 0.25) is 5.88 Å². The molecular weight excluding hydrogens is 403 g/mol. The number of nitrogens with one attached hydrogen (secondary N) is 1. The predicted molar refractivity (Wildman–Crippen MR) is 103 cm³/mol. The van der Waals surface area contributed by atoms with Gasteiger partial charge in [0.1, 0.15) is 11.1 Å². The van der Waals surface area contributed by atoms with Gasteiger partial charge < -0.3 is 21.7 Å². The van der Waals surface area contributed by atoms with Gasteiger partial charge in [-0.2, -0.15) is 0 Å². The number of primary amides is 2. The van der Waals surface area contributed by atoms with Crippen LogP contribution in [0.2, 0.25) is 0 Å². The van der Waals surface area contributed by atoms with Gasteiger partial charge in [0, 0.05) is 5.56 Å². The van der Waals surface area contributed by atoms with Crippen LogP contribution in [0.1, 0.15) is 28.4 Å². The summed E-state index contributed by atoms with van der Waals surface area (Å²) in [4.78, 5) is 51.7. The number of rotatable bonds is 5. The molecule has 0 fully saturated rings. The third-order valence-electron chi connectivity index (χ3n) is 4.16. The molecule has 0 spiro atoms. The van der Waals surface area contributed by atoms with Crippen LogP contribution in [-0.4, -0.2) is 33.7 Å². The Kier molecular flexibility index (Phi) is 8.28. The molecule has 30 heavy (non-hydrogen) atoms. The molecule has 0 saturated carbocycles. The number of hydrogen-bond donors (Lipinski definition) is 4. The topological polar surface area (TPSA) is 192 Å². The summed E-state index contributed by atoms with van der Waals surface area (Å²) in [6, 6.07) is 0. The molecular formula is C19H17N4NaO6. The van der Waals surface area contributed by atoms with E-state index in [2.05, 4.69) is 9.98 Å². The second-order valence-corrected chi connectivity index (χ2v) is 5.99. The van der Waals surface area contributed by atoms with Crippen LogP contribution in [0.4, 0.5) is 0 Å². The standard InChI is InChI=1S/C19H18N4O6.Na/c1-8-10(16(26)22-18(28)12(8)14(20)24)6-4-3-5-7-11-9(2)13(15(21)25)19(29)23-17(11)27;/h3-7H,1-2H3,(H2,20,24)(H2,21,25)(H,22,26,28)(H2,23,27,29);/q;+1/p-1/b4-3?,7-5?,10-6-;. The molecule has 1 aromatic rings. The third kappa shape index (κ3) is 5.03. The van der Waals surface area contributed by atoms with Crippen LogP contribution < -0.4 is 51.7 Å². The van der Waals surface area contributed by atoms with Gasteiger partial charge in [0.25, 0.3) is 23.3 Å². The van der Waals surface area contributed by atoms with E-state index in [1.807, 2.05) is 0 Å². The van der Waals surface area contributed by atoms with Gasteiger partial charge in [0.05, 0.1) is 0 Å². The quantitative estimate of drug-likeness (QED) is 0.214. The van der Waals surface area contributed by atoms with E-state index in [1.54, 1.807) is 0 Å². The average Bonchev–Trinajstić information content (AvgIpc) is 2.58. The number of hydrogen-bond acceptors (Lipinski definition) is 6. The Morgan fingerprint density at radius 3 is 2.30 bits per heavy atom. The molecule has 1 aliphatic heterocycles. The van der Waals surface area contributed by atoms with Gasteiger partial charge in [-0.15, -0.1) is 0 Å². The van der Waals surface area contributed by atoms with Gasteiger partial charge in [-0.3, -0.25) is 24.2 Å². The fourth-order valence-electron chi connectivity index (χ4n) is 2.74. The van der Waals surface area contributed by atoms with E-state index in [0.717, 1.165) is 0 Å². The number of allylic oxidation sites excluding steroid dienone is 4. The van der Waals surface area contributed by atoms with Gasteiger partial charge in [-0.1, -0.05) is 24.3 Å². The van der Waals surface area contributed by atoms with E-state index >= 15 is 0 Å². The minimum atomic E-state index is -0.981. The summed E-state index contributed by atoms with van der Waals surface area (Å²) in [6.07, 6.45) is 7.05. The van der Waals surface area contributed by atoms with Crippen molar-refractivity contribution in [1.29, 1.82) is 0 Å². The van der Waals surface area contributed by atoms with Crippen molar-refractivity contribution in [2.45, 2.75) is 13.8 Å². The number of aromatic amines is 1. The molecule has 11 heteroatoms. The van der Waals surface area contributed by atoms with Crippen molar-refractivity contribution in [2.24, 2.45) is 16.5 Å². The minimum Gasteiger partial charge on any atom is -0.858 e. The first-order valence-electron chi connectivity index (χ1n) is 8.18. The molecule has 3 amide bonds. The zero-order valence-corrected chi connectivity index (χ0v) is 18.5. The molecule has 0 aromatic carbocycles. The van der Waals surface area contributed by atoms with Crippen molar-refractivity contribution >= 4 is 29.7 Å². The Morgan fingerprint density at radius 1 is 1.10 bits per heavy atom. The number of aromatic hydroxyl groups is 1. The van der Waals surface area contributed by atoms with Crippen molar-refractivity contribution < 1.29 is 54.2 Å². The normalized spacial score (nSPS) is 15.6. The molecule has 0 radical (unpaired) electrons. The second-order valence-electron chi connectivity index (χ2n) is 5.99. The molecule has 2 heterocycles. The number of amides is 3. The zero-order chi connectivity index (χ0) is 21.9. The SMILES string of the molecule is CC1=C(C(N)=O)C(=O)N=C([O-])/C1=C\C=CC=Cc1c(C)c(C(N)=O)c(O)[nH]c1=O.[Na+]. The molecule has 0 atom stereocenters. The third-order valence-corrected chi connectivity index (χ3v) is 4.16. The van der Waals surface area contributed by atoms with E-state index in [0.29, 0.717) is 0 Å². The van der Waals surface area contributed by atoms with Gasteiger partial charge in [0.15, 0.2) is 0 Å². The average molecular weight is 420 g/mol. The Bertz CT molecular complexity index is 1140. The smallest absolute Gasteiger partial charge is 0.858 e. The van der Waals surface area contributed by atoms with Crippen LogP contribution in [0.25, 0.3) is 6.08 Å². The van der Waals surface area contributed by atoms with E-state index in [4.69, 9.17) is 11.5 Å². The Hall–Kier alpha value is -3.21. The second kappa shape index (κ2) is 10.0. The first kappa shape index (κ1) is 24.8. The summed E-state index contributed by atoms with van der Waals surface area (Å²) < 4.78 is 0. The van der Waals surface area contributed by atoms with Gasteiger partial charge >= 0.3 is 29.6 Å². The molecule has 2 rings (SSSR count). The maximum atomic E-state index is 12.0. The molecule has 0 aliphatic carbocycles. The molecule has 1 aliphatic rings. The molecule has 6 N–H and O–H groups in total. The molecule has 1 aromatic heterocycles. The van der Waals surface area contributed by atoms with Crippen LogP contribution in [0.5, 0.6) is 5.88 Å². The number of carbonyl (C=O) groups excluding carboxylic acids is 3. The van der Waals surface area contributed by atoms with E-state index < -0.39 is 35.1 Å². The van der Waals surface area contributed by atoms with Crippen LogP contribution in [-0.2, 0) is 9.59 Å². The van der Waals surface area contributed by atoms with E-state index in [9.17, 15) is 29.4 Å². The van der Waals surface area contributed by atoms with Crippen LogP contribution in [0, 0.1) is 6.92 Å². The first-order valence-corrected chi connectivity index (χ1v) is 8.18. The maximum Gasteiger partial charge on any atom is 1.00 e.